The molecule has 3 heterocycles. The van der Waals surface area contributed by atoms with Gasteiger partial charge in [-0.2, -0.15) is 4.99 Å². The third-order valence-corrected chi connectivity index (χ3v) is 9.16. The van der Waals surface area contributed by atoms with Gasteiger partial charge < -0.3 is 15.1 Å². The first-order valence-corrected chi connectivity index (χ1v) is 13.8. The molecule has 1 N–H and O–H groups in total. The molecule has 3 amide bonds. The Labute approximate surface area is 197 Å². The van der Waals surface area contributed by atoms with Gasteiger partial charge in [0.15, 0.2) is 15.0 Å². The Bertz CT molecular complexity index is 1080. The normalized spacial score (nSPS) is 24.5. The summed E-state index contributed by atoms with van der Waals surface area (Å²) in [5.41, 5.74) is 0.813. The zero-order valence-corrected chi connectivity index (χ0v) is 20.2. The molecule has 0 radical (unpaired) electrons. The van der Waals surface area contributed by atoms with E-state index in [0.29, 0.717) is 22.8 Å². The van der Waals surface area contributed by atoms with Gasteiger partial charge in [-0.3, -0.25) is 14.4 Å². The van der Waals surface area contributed by atoms with Crippen molar-refractivity contribution in [3.63, 3.8) is 0 Å². The Balaban J connectivity index is 1.33. The maximum Gasteiger partial charge on any atom is 0.262 e. The molecule has 0 aromatic heterocycles. The molecule has 0 aliphatic carbocycles. The lowest BCUT2D eigenvalue weighted by molar-refractivity contribution is -0.121. The Morgan fingerprint density at radius 1 is 1.24 bits per heavy atom. The van der Waals surface area contributed by atoms with Crippen LogP contribution >= 0.6 is 11.8 Å². The van der Waals surface area contributed by atoms with E-state index in [9.17, 15) is 22.8 Å². The minimum absolute atomic E-state index is 0.00233. The van der Waals surface area contributed by atoms with E-state index in [1.54, 1.807) is 31.3 Å². The van der Waals surface area contributed by atoms with Crippen molar-refractivity contribution in [2.24, 2.45) is 4.99 Å². The number of thioether (sulfide) groups is 1. The number of carbonyl (C=O) groups excluding carboxylic acids is 3. The summed E-state index contributed by atoms with van der Waals surface area (Å²) in [5, 5.41) is 2.94. The topological polar surface area (TPSA) is 116 Å². The number of benzene rings is 1. The van der Waals surface area contributed by atoms with Crippen LogP contribution in [0.3, 0.4) is 0 Å². The predicted molar refractivity (Wildman–Crippen MR) is 128 cm³/mol. The number of anilines is 1. The van der Waals surface area contributed by atoms with Gasteiger partial charge >= 0.3 is 0 Å². The fraction of sp³-hybridized carbons (Fsp3) is 0.545. The smallest absolute Gasteiger partial charge is 0.262 e. The zero-order chi connectivity index (χ0) is 23.6. The third-order valence-electron chi connectivity index (χ3n) is 6.20. The van der Waals surface area contributed by atoms with Crippen LogP contribution in [0, 0.1) is 0 Å². The van der Waals surface area contributed by atoms with Crippen LogP contribution in [0.1, 0.15) is 42.5 Å². The highest BCUT2D eigenvalue weighted by molar-refractivity contribution is 8.15. The van der Waals surface area contributed by atoms with Crippen molar-refractivity contribution in [2.45, 2.75) is 43.4 Å². The number of nitrogens with zero attached hydrogens (tertiary/aromatic N) is 3. The fourth-order valence-electron chi connectivity index (χ4n) is 4.29. The SMILES string of the molecule is CN(C(=O)c1cccc(NC(=O)C[C@@H]2SC(N3CCCCC3)=NC2=O)c1)[C@H]1CCS(=O)(=O)C1. The summed E-state index contributed by atoms with van der Waals surface area (Å²) in [5.74, 6) is -0.843. The molecule has 1 aromatic carbocycles. The summed E-state index contributed by atoms with van der Waals surface area (Å²) in [6.45, 7) is 1.78. The molecule has 178 valence electrons. The van der Waals surface area contributed by atoms with Gasteiger partial charge in [-0.25, -0.2) is 8.42 Å². The van der Waals surface area contributed by atoms with Crippen molar-refractivity contribution < 1.29 is 22.8 Å². The number of amidine groups is 1. The number of sulfone groups is 1. The van der Waals surface area contributed by atoms with E-state index in [4.69, 9.17) is 0 Å². The number of likely N-dealkylation sites (tertiary alicyclic amines) is 1. The Kier molecular flexibility index (Phi) is 7.08. The van der Waals surface area contributed by atoms with Gasteiger partial charge in [0.05, 0.1) is 11.5 Å². The van der Waals surface area contributed by atoms with Crippen molar-refractivity contribution in [1.82, 2.24) is 9.80 Å². The van der Waals surface area contributed by atoms with Gasteiger partial charge in [0.1, 0.15) is 5.25 Å². The van der Waals surface area contributed by atoms with Crippen LogP contribution in [0.25, 0.3) is 0 Å². The Hall–Kier alpha value is -2.40. The van der Waals surface area contributed by atoms with Crippen LogP contribution in [0.15, 0.2) is 29.3 Å². The van der Waals surface area contributed by atoms with Gasteiger partial charge in [0, 0.05) is 43.9 Å². The molecule has 0 spiro atoms. The molecular weight excluding hydrogens is 464 g/mol. The number of aliphatic imine (C=N–C) groups is 1. The van der Waals surface area contributed by atoms with Crippen molar-refractivity contribution >= 4 is 50.2 Å². The lowest BCUT2D eigenvalue weighted by Gasteiger charge is -2.27. The van der Waals surface area contributed by atoms with Crippen LogP contribution in [0.2, 0.25) is 0 Å². The van der Waals surface area contributed by atoms with E-state index in [0.717, 1.165) is 25.9 Å². The molecule has 2 saturated heterocycles. The lowest BCUT2D eigenvalue weighted by Crippen LogP contribution is -2.37. The zero-order valence-electron chi connectivity index (χ0n) is 18.5. The Morgan fingerprint density at radius 2 is 2.00 bits per heavy atom. The summed E-state index contributed by atoms with van der Waals surface area (Å²) in [7, 11) is -1.50. The number of carbonyl (C=O) groups is 3. The second kappa shape index (κ2) is 9.84. The number of hydrogen-bond acceptors (Lipinski definition) is 7. The maximum absolute atomic E-state index is 12.8. The van der Waals surface area contributed by atoms with Gasteiger partial charge in [-0.05, 0) is 43.9 Å². The average molecular weight is 493 g/mol. The highest BCUT2D eigenvalue weighted by atomic mass is 32.2. The molecule has 33 heavy (non-hydrogen) atoms. The first kappa shape index (κ1) is 23.7. The lowest BCUT2D eigenvalue weighted by atomic mass is 10.1. The summed E-state index contributed by atoms with van der Waals surface area (Å²) >= 11 is 1.35. The fourth-order valence-corrected chi connectivity index (χ4v) is 7.18. The van der Waals surface area contributed by atoms with Crippen molar-refractivity contribution in [1.29, 1.82) is 0 Å². The summed E-state index contributed by atoms with van der Waals surface area (Å²) in [4.78, 5) is 45.5. The highest BCUT2D eigenvalue weighted by Gasteiger charge is 2.34. The van der Waals surface area contributed by atoms with Crippen molar-refractivity contribution in [3.05, 3.63) is 29.8 Å². The molecule has 0 unspecified atom stereocenters. The standard InChI is InChI=1S/C22H28N4O5S2/c1-25(17-8-11-33(30,31)14-17)21(29)15-6-5-7-16(12-15)23-19(27)13-18-20(28)24-22(32-18)26-9-3-2-4-10-26/h5-7,12,17-18H,2-4,8-11,13-14H2,1H3,(H,23,27)/t17-,18-/m0/s1. The molecule has 0 saturated carbocycles. The first-order valence-electron chi connectivity index (χ1n) is 11.1. The monoisotopic (exact) mass is 492 g/mol. The van der Waals surface area contributed by atoms with Crippen molar-refractivity contribution in [3.8, 4) is 0 Å². The molecule has 0 bridgehead atoms. The van der Waals surface area contributed by atoms with Crippen molar-refractivity contribution in [2.75, 3.05) is 37.0 Å². The number of piperidine rings is 1. The summed E-state index contributed by atoms with van der Waals surface area (Å²) in [6, 6.07) is 6.19. The van der Waals surface area contributed by atoms with Gasteiger partial charge in [-0.15, -0.1) is 0 Å². The number of amides is 3. The van der Waals surface area contributed by atoms with Crippen LogP contribution in [-0.4, -0.2) is 84.0 Å². The molecule has 9 nitrogen and oxygen atoms in total. The Morgan fingerprint density at radius 3 is 2.70 bits per heavy atom. The quantitative estimate of drug-likeness (QED) is 0.666. The van der Waals surface area contributed by atoms with E-state index in [2.05, 4.69) is 15.2 Å². The number of nitrogens with one attached hydrogen (secondary N) is 1. The van der Waals surface area contributed by atoms with Crippen LogP contribution in [-0.2, 0) is 19.4 Å². The van der Waals surface area contributed by atoms with Crippen LogP contribution in [0.4, 0.5) is 5.69 Å². The molecule has 2 atom stereocenters. The highest BCUT2D eigenvalue weighted by Crippen LogP contribution is 2.29. The van der Waals surface area contributed by atoms with E-state index in [-0.39, 0.29) is 41.7 Å². The van der Waals surface area contributed by atoms with Gasteiger partial charge in [-0.1, -0.05) is 17.8 Å². The van der Waals surface area contributed by atoms with Gasteiger partial charge in [0.2, 0.25) is 5.91 Å². The summed E-state index contributed by atoms with van der Waals surface area (Å²) < 4.78 is 23.5. The van der Waals surface area contributed by atoms with E-state index < -0.39 is 15.1 Å². The maximum atomic E-state index is 12.8. The molecule has 4 rings (SSSR count). The van der Waals surface area contributed by atoms with Crippen LogP contribution < -0.4 is 5.32 Å². The van der Waals surface area contributed by atoms with E-state index in [1.165, 1.54) is 23.1 Å². The molecule has 1 aromatic rings. The predicted octanol–water partition coefficient (Wildman–Crippen LogP) is 1.76. The average Bonchev–Trinajstić information content (AvgIpc) is 3.35. The molecular formula is C22H28N4O5S2. The van der Waals surface area contributed by atoms with Crippen LogP contribution in [0.5, 0.6) is 0 Å². The second-order valence-electron chi connectivity index (χ2n) is 8.69. The minimum atomic E-state index is -3.10. The second-order valence-corrected chi connectivity index (χ2v) is 12.1. The molecule has 3 aliphatic heterocycles. The minimum Gasteiger partial charge on any atom is -0.351 e. The molecule has 2 fully saturated rings. The van der Waals surface area contributed by atoms with E-state index >= 15 is 0 Å². The number of rotatable bonds is 5. The first-order chi connectivity index (χ1) is 15.7. The molecule has 3 aliphatic rings. The third kappa shape index (κ3) is 5.75. The summed E-state index contributed by atoms with van der Waals surface area (Å²) in [6.07, 6.45) is 3.78. The largest absolute Gasteiger partial charge is 0.351 e. The number of hydrogen-bond donors (Lipinski definition) is 1. The molecule has 11 heteroatoms. The van der Waals surface area contributed by atoms with E-state index in [1.807, 2.05) is 0 Å². The van der Waals surface area contributed by atoms with Gasteiger partial charge in [0.25, 0.3) is 11.8 Å².